The van der Waals surface area contributed by atoms with Gasteiger partial charge in [0.05, 0.1) is 0 Å². The molecule has 1 rings (SSSR count). The Labute approximate surface area is 120 Å². The van der Waals surface area contributed by atoms with Crippen molar-refractivity contribution in [2.75, 3.05) is 0 Å². The maximum atomic E-state index is 10.8. The summed E-state index contributed by atoms with van der Waals surface area (Å²) in [5.74, 6) is 0. The van der Waals surface area contributed by atoms with Crippen molar-refractivity contribution in [1.29, 1.82) is 0 Å². The summed E-state index contributed by atoms with van der Waals surface area (Å²) in [6.07, 6.45) is 0.833. The fourth-order valence-electron chi connectivity index (χ4n) is 1.30. The molecule has 0 aliphatic carbocycles. The molecule has 0 saturated heterocycles. The second kappa shape index (κ2) is 11.4. The molecular weight excluding hydrogens is 244 g/mol. The first-order valence-electron chi connectivity index (χ1n) is 6.44. The summed E-state index contributed by atoms with van der Waals surface area (Å²) >= 11 is 0. The van der Waals surface area contributed by atoms with Crippen LogP contribution in [0, 0.1) is 0 Å². The van der Waals surface area contributed by atoms with Crippen molar-refractivity contribution in [3.05, 3.63) is 109 Å². The minimum absolute atomic E-state index is 0.628. The van der Waals surface area contributed by atoms with Gasteiger partial charge in [-0.05, 0) is 0 Å². The molecule has 1 heteroatoms. The number of carbonyl (C=O) groups excluding carboxylic acids is 1. The number of aldehydes is 1. The van der Waals surface area contributed by atoms with E-state index < -0.39 is 0 Å². The van der Waals surface area contributed by atoms with E-state index in [0.717, 1.165) is 6.29 Å². The molecule has 0 aromatic heterocycles. The van der Waals surface area contributed by atoms with Crippen LogP contribution in [-0.2, 0) is 0 Å². The van der Waals surface area contributed by atoms with E-state index in [4.69, 9.17) is 0 Å². The van der Waals surface area contributed by atoms with E-state index in [1.54, 1.807) is 12.1 Å². The summed E-state index contributed by atoms with van der Waals surface area (Å²) in [7, 11) is 0. The van der Waals surface area contributed by atoms with E-state index in [1.807, 2.05) is 91.0 Å². The summed E-state index contributed by atoms with van der Waals surface area (Å²) in [5.41, 5.74) is 0.628. The standard InChI is InChI=1S/C19H18O/c20-18-19-16-14-12-10-8-6-4-2-1-3-5-7-9-11-13-15-17-19/h1-18H. The van der Waals surface area contributed by atoms with Crippen LogP contribution in [0.25, 0.3) is 0 Å². The molecule has 1 aromatic carbocycles. The Hall–Kier alpha value is -2.67. The zero-order chi connectivity index (χ0) is 14.3. The van der Waals surface area contributed by atoms with Gasteiger partial charge in [-0.1, -0.05) is 103 Å². The third-order valence-electron chi connectivity index (χ3n) is 2.27. The monoisotopic (exact) mass is 262 g/mol. The van der Waals surface area contributed by atoms with Crippen LogP contribution >= 0.6 is 0 Å². The van der Waals surface area contributed by atoms with E-state index in [1.165, 1.54) is 0 Å². The summed E-state index contributed by atoms with van der Waals surface area (Å²) in [6, 6.07) is 32.4. The molecule has 0 heterocycles. The lowest BCUT2D eigenvalue weighted by Gasteiger charge is -1.78. The fourth-order valence-corrected chi connectivity index (χ4v) is 1.30. The predicted molar refractivity (Wildman–Crippen MR) is 84.7 cm³/mol. The quantitative estimate of drug-likeness (QED) is 0.660. The average Bonchev–Trinajstić information content (AvgIpc) is 2.47. The normalized spacial score (nSPS) is 8.20. The highest BCUT2D eigenvalue weighted by Crippen LogP contribution is 1.88. The second-order valence-electron chi connectivity index (χ2n) is 3.84. The van der Waals surface area contributed by atoms with Crippen LogP contribution in [0.15, 0.2) is 103 Å². The number of hydrogen-bond donors (Lipinski definition) is 0. The Balaban J connectivity index is 3.18. The molecule has 100 valence electrons. The van der Waals surface area contributed by atoms with Crippen LogP contribution < -0.4 is 0 Å². The molecule has 0 spiro atoms. The molecule has 0 bridgehead atoms. The lowest BCUT2D eigenvalue weighted by atomic mass is 10.3. The molecule has 0 radical (unpaired) electrons. The Bertz CT molecular complexity index is 529. The van der Waals surface area contributed by atoms with Crippen LogP contribution in [0.4, 0.5) is 0 Å². The molecule has 20 heavy (non-hydrogen) atoms. The third kappa shape index (κ3) is 8.43. The van der Waals surface area contributed by atoms with E-state index in [2.05, 4.69) is 0 Å². The first kappa shape index (κ1) is 15.4. The van der Waals surface area contributed by atoms with Gasteiger partial charge in [0, 0.05) is 5.56 Å². The van der Waals surface area contributed by atoms with Crippen molar-refractivity contribution in [2.24, 2.45) is 0 Å². The SMILES string of the molecule is O=Cc1ccccccccccccccccc1. The Kier molecular flexibility index (Phi) is 8.79. The van der Waals surface area contributed by atoms with Gasteiger partial charge in [-0.15, -0.1) is 0 Å². The van der Waals surface area contributed by atoms with Gasteiger partial charge in [-0.2, -0.15) is 0 Å². The Morgan fingerprint density at radius 1 is 0.450 bits per heavy atom. The zero-order valence-corrected chi connectivity index (χ0v) is 11.3. The number of rotatable bonds is 1. The summed E-state index contributed by atoms with van der Waals surface area (Å²) in [5, 5.41) is 0. The predicted octanol–water partition coefficient (Wildman–Crippen LogP) is 4.87. The van der Waals surface area contributed by atoms with Crippen molar-refractivity contribution < 1.29 is 4.79 Å². The molecule has 1 aromatic rings. The van der Waals surface area contributed by atoms with Crippen molar-refractivity contribution in [1.82, 2.24) is 0 Å². The number of carbonyl (C=O) groups is 1. The van der Waals surface area contributed by atoms with Crippen molar-refractivity contribution in [3.8, 4) is 0 Å². The van der Waals surface area contributed by atoms with Gasteiger partial charge in [-0.25, -0.2) is 0 Å². The van der Waals surface area contributed by atoms with Crippen LogP contribution in [0.2, 0.25) is 0 Å². The van der Waals surface area contributed by atoms with Crippen LogP contribution in [0.3, 0.4) is 0 Å². The fraction of sp³-hybridized carbons (Fsp3) is 0. The maximum absolute atomic E-state index is 10.8. The molecule has 0 fully saturated rings. The van der Waals surface area contributed by atoms with Gasteiger partial charge >= 0.3 is 0 Å². The van der Waals surface area contributed by atoms with E-state index in [0.29, 0.717) is 5.56 Å². The van der Waals surface area contributed by atoms with E-state index in [9.17, 15) is 4.79 Å². The molecular formula is C19H18O. The van der Waals surface area contributed by atoms with Crippen LogP contribution in [0.1, 0.15) is 10.4 Å². The minimum Gasteiger partial charge on any atom is -0.298 e. The molecule has 0 saturated carbocycles. The zero-order valence-electron chi connectivity index (χ0n) is 11.3. The average molecular weight is 262 g/mol. The summed E-state index contributed by atoms with van der Waals surface area (Å²) in [4.78, 5) is 10.8. The van der Waals surface area contributed by atoms with Gasteiger partial charge in [0.2, 0.25) is 0 Å². The topological polar surface area (TPSA) is 17.1 Å². The van der Waals surface area contributed by atoms with E-state index in [-0.39, 0.29) is 0 Å². The smallest absolute Gasteiger partial charge is 0.150 e. The summed E-state index contributed by atoms with van der Waals surface area (Å²) < 4.78 is 0. The molecule has 0 N–H and O–H groups in total. The molecule has 0 amide bonds. The van der Waals surface area contributed by atoms with Crippen molar-refractivity contribution in [2.45, 2.75) is 0 Å². The third-order valence-corrected chi connectivity index (χ3v) is 2.27. The summed E-state index contributed by atoms with van der Waals surface area (Å²) in [6.45, 7) is 0. The van der Waals surface area contributed by atoms with Gasteiger partial charge < -0.3 is 0 Å². The lowest BCUT2D eigenvalue weighted by Crippen LogP contribution is -1.70. The van der Waals surface area contributed by atoms with Crippen LogP contribution in [0.5, 0.6) is 0 Å². The molecule has 1 nitrogen and oxygen atoms in total. The largest absolute Gasteiger partial charge is 0.298 e. The highest BCUT2D eigenvalue weighted by molar-refractivity contribution is 5.73. The second-order valence-corrected chi connectivity index (χ2v) is 3.84. The van der Waals surface area contributed by atoms with Crippen molar-refractivity contribution in [3.63, 3.8) is 0 Å². The van der Waals surface area contributed by atoms with Crippen molar-refractivity contribution >= 4 is 6.29 Å². The molecule has 0 aliphatic heterocycles. The Morgan fingerprint density at radius 2 is 0.700 bits per heavy atom. The van der Waals surface area contributed by atoms with Gasteiger partial charge in [0.1, 0.15) is 6.29 Å². The highest BCUT2D eigenvalue weighted by Gasteiger charge is 1.77. The van der Waals surface area contributed by atoms with Gasteiger partial charge in [0.25, 0.3) is 0 Å². The minimum atomic E-state index is 0.628. The number of hydrogen-bond acceptors (Lipinski definition) is 1. The first-order chi connectivity index (χ1) is 9.93. The van der Waals surface area contributed by atoms with Gasteiger partial charge in [-0.3, -0.25) is 4.79 Å². The molecule has 0 atom stereocenters. The Morgan fingerprint density at radius 3 is 0.950 bits per heavy atom. The maximum Gasteiger partial charge on any atom is 0.150 e. The lowest BCUT2D eigenvalue weighted by molar-refractivity contribution is 0.112. The highest BCUT2D eigenvalue weighted by atomic mass is 16.1. The van der Waals surface area contributed by atoms with Gasteiger partial charge in [0.15, 0.2) is 0 Å². The first-order valence-corrected chi connectivity index (χ1v) is 6.44. The molecule has 0 aliphatic rings. The van der Waals surface area contributed by atoms with E-state index >= 15 is 0 Å². The molecule has 0 unspecified atom stereocenters. The van der Waals surface area contributed by atoms with Crippen LogP contribution in [-0.4, -0.2) is 6.29 Å².